The van der Waals surface area contributed by atoms with Crippen molar-refractivity contribution < 1.29 is 17.9 Å². The summed E-state index contributed by atoms with van der Waals surface area (Å²) in [5.41, 5.74) is 1.78. The second-order valence-corrected chi connectivity index (χ2v) is 8.88. The van der Waals surface area contributed by atoms with Crippen molar-refractivity contribution in [2.24, 2.45) is 0 Å². The van der Waals surface area contributed by atoms with E-state index in [-0.39, 0.29) is 0 Å². The second kappa shape index (κ2) is 9.84. The number of nitrogens with one attached hydrogen (secondary N) is 1. The fourth-order valence-corrected chi connectivity index (χ4v) is 3.90. The van der Waals surface area contributed by atoms with Crippen molar-refractivity contribution in [2.45, 2.75) is 6.42 Å². The molecule has 0 saturated carbocycles. The molecule has 0 radical (unpaired) electrons. The van der Waals surface area contributed by atoms with Gasteiger partial charge in [0.2, 0.25) is 10.0 Å². The zero-order valence-electron chi connectivity index (χ0n) is 17.0. The number of anilines is 2. The maximum atomic E-state index is 11.2. The molecule has 1 heterocycles. The predicted octanol–water partition coefficient (Wildman–Crippen LogP) is 2.66. The molecule has 0 bridgehead atoms. The molecule has 1 aliphatic heterocycles. The van der Waals surface area contributed by atoms with Crippen LogP contribution in [0.5, 0.6) is 11.5 Å². The van der Waals surface area contributed by atoms with E-state index in [4.69, 9.17) is 9.47 Å². The molecule has 1 N–H and O–H groups in total. The van der Waals surface area contributed by atoms with E-state index < -0.39 is 10.0 Å². The van der Waals surface area contributed by atoms with Gasteiger partial charge in [0.1, 0.15) is 11.5 Å². The molecule has 1 fully saturated rings. The molecule has 0 aromatic heterocycles. The van der Waals surface area contributed by atoms with E-state index in [1.54, 1.807) is 31.4 Å². The number of rotatable bonds is 9. The molecular weight excluding hydrogens is 390 g/mol. The standard InChI is InChI=1S/C21H29N3O4S/c1-27-20-10-6-19(7-11-20)24-15-13-23(14-16-24)12-3-17-28-21-8-4-18(5-9-21)22-29(2,25)26/h4-11,22H,3,12-17H2,1-2H3. The van der Waals surface area contributed by atoms with Gasteiger partial charge in [0, 0.05) is 44.1 Å². The van der Waals surface area contributed by atoms with E-state index in [1.807, 2.05) is 12.1 Å². The van der Waals surface area contributed by atoms with Crippen molar-refractivity contribution in [1.82, 2.24) is 4.90 Å². The summed E-state index contributed by atoms with van der Waals surface area (Å²) in [6.07, 6.45) is 2.08. The van der Waals surface area contributed by atoms with Crippen molar-refractivity contribution in [3.05, 3.63) is 48.5 Å². The quantitative estimate of drug-likeness (QED) is 0.630. The third-order valence-electron chi connectivity index (χ3n) is 4.85. The summed E-state index contributed by atoms with van der Waals surface area (Å²) >= 11 is 0. The average molecular weight is 420 g/mol. The SMILES string of the molecule is COc1ccc(N2CCN(CCCOc3ccc(NS(C)(=O)=O)cc3)CC2)cc1. The Balaban J connectivity index is 1.34. The van der Waals surface area contributed by atoms with Crippen LogP contribution in [-0.4, -0.2) is 66.0 Å². The third-order valence-corrected chi connectivity index (χ3v) is 5.46. The van der Waals surface area contributed by atoms with E-state index in [0.717, 1.165) is 56.9 Å². The molecule has 29 heavy (non-hydrogen) atoms. The molecule has 2 aromatic rings. The third kappa shape index (κ3) is 6.83. The van der Waals surface area contributed by atoms with Crippen molar-refractivity contribution in [1.29, 1.82) is 0 Å². The van der Waals surface area contributed by atoms with Crippen molar-refractivity contribution >= 4 is 21.4 Å². The van der Waals surface area contributed by atoms with Gasteiger partial charge in [-0.2, -0.15) is 0 Å². The van der Waals surface area contributed by atoms with Gasteiger partial charge < -0.3 is 14.4 Å². The monoisotopic (exact) mass is 419 g/mol. The number of piperazine rings is 1. The van der Waals surface area contributed by atoms with E-state index in [0.29, 0.717) is 12.3 Å². The molecule has 3 rings (SSSR count). The number of benzene rings is 2. The number of sulfonamides is 1. The Bertz CT molecular complexity index is 862. The topological polar surface area (TPSA) is 71.1 Å². The Morgan fingerprint density at radius 1 is 0.931 bits per heavy atom. The molecule has 8 heteroatoms. The van der Waals surface area contributed by atoms with Gasteiger partial charge in [-0.05, 0) is 55.0 Å². The van der Waals surface area contributed by atoms with E-state index in [1.165, 1.54) is 5.69 Å². The molecular formula is C21H29N3O4S. The lowest BCUT2D eigenvalue weighted by atomic mass is 10.2. The minimum atomic E-state index is -3.25. The number of methoxy groups -OCH3 is 1. The van der Waals surface area contributed by atoms with Crippen molar-refractivity contribution in [3.63, 3.8) is 0 Å². The number of nitrogens with zero attached hydrogens (tertiary/aromatic N) is 2. The largest absolute Gasteiger partial charge is 0.497 e. The molecule has 1 aliphatic rings. The minimum absolute atomic E-state index is 0.537. The van der Waals surface area contributed by atoms with Crippen LogP contribution in [0.15, 0.2) is 48.5 Å². The zero-order valence-corrected chi connectivity index (χ0v) is 17.8. The van der Waals surface area contributed by atoms with Gasteiger partial charge in [-0.3, -0.25) is 9.62 Å². The first kappa shape index (κ1) is 21.3. The number of ether oxygens (including phenoxy) is 2. The van der Waals surface area contributed by atoms with E-state index in [2.05, 4.69) is 26.7 Å². The summed E-state index contributed by atoms with van der Waals surface area (Å²) in [6.45, 7) is 5.75. The van der Waals surface area contributed by atoms with Gasteiger partial charge >= 0.3 is 0 Å². The molecule has 0 unspecified atom stereocenters. The molecule has 2 aromatic carbocycles. The van der Waals surface area contributed by atoms with Gasteiger partial charge in [-0.25, -0.2) is 8.42 Å². The van der Waals surface area contributed by atoms with Crippen LogP contribution in [0.4, 0.5) is 11.4 Å². The van der Waals surface area contributed by atoms with Crippen molar-refractivity contribution in [2.75, 3.05) is 62.3 Å². The first-order chi connectivity index (χ1) is 13.9. The Labute approximate surface area is 173 Å². The molecule has 0 spiro atoms. The van der Waals surface area contributed by atoms with Crippen LogP contribution in [0.2, 0.25) is 0 Å². The Morgan fingerprint density at radius 3 is 2.14 bits per heavy atom. The average Bonchev–Trinajstić information content (AvgIpc) is 2.72. The summed E-state index contributed by atoms with van der Waals surface area (Å²) in [6, 6.07) is 15.2. The van der Waals surface area contributed by atoms with Gasteiger partial charge in [-0.15, -0.1) is 0 Å². The smallest absolute Gasteiger partial charge is 0.229 e. The normalized spacial score (nSPS) is 15.2. The van der Waals surface area contributed by atoms with Crippen LogP contribution in [0.3, 0.4) is 0 Å². The number of hydrogen-bond acceptors (Lipinski definition) is 6. The van der Waals surface area contributed by atoms with E-state index in [9.17, 15) is 8.42 Å². The molecule has 0 atom stereocenters. The number of hydrogen-bond donors (Lipinski definition) is 1. The van der Waals surface area contributed by atoms with Gasteiger partial charge in [0.05, 0.1) is 20.0 Å². The van der Waals surface area contributed by atoms with Crippen LogP contribution < -0.4 is 19.1 Å². The van der Waals surface area contributed by atoms with Gasteiger partial charge in [0.25, 0.3) is 0 Å². The first-order valence-corrected chi connectivity index (χ1v) is 11.6. The van der Waals surface area contributed by atoms with E-state index >= 15 is 0 Å². The highest BCUT2D eigenvalue weighted by molar-refractivity contribution is 7.92. The Morgan fingerprint density at radius 2 is 1.55 bits per heavy atom. The fourth-order valence-electron chi connectivity index (χ4n) is 3.33. The molecule has 1 saturated heterocycles. The molecule has 0 amide bonds. The molecule has 7 nitrogen and oxygen atoms in total. The lowest BCUT2D eigenvalue weighted by Crippen LogP contribution is -2.46. The minimum Gasteiger partial charge on any atom is -0.497 e. The van der Waals surface area contributed by atoms with Gasteiger partial charge in [-0.1, -0.05) is 0 Å². The zero-order chi connectivity index (χ0) is 20.7. The molecule has 158 valence electrons. The predicted molar refractivity (Wildman–Crippen MR) is 117 cm³/mol. The summed E-state index contributed by atoms with van der Waals surface area (Å²) in [7, 11) is -1.57. The fraction of sp³-hybridized carbons (Fsp3) is 0.429. The highest BCUT2D eigenvalue weighted by Crippen LogP contribution is 2.21. The van der Waals surface area contributed by atoms with Crippen molar-refractivity contribution in [3.8, 4) is 11.5 Å². The highest BCUT2D eigenvalue weighted by atomic mass is 32.2. The van der Waals surface area contributed by atoms with Crippen LogP contribution in [0.1, 0.15) is 6.42 Å². The summed E-state index contributed by atoms with van der Waals surface area (Å²) in [5, 5.41) is 0. The van der Waals surface area contributed by atoms with Crippen LogP contribution in [0.25, 0.3) is 0 Å². The summed E-state index contributed by atoms with van der Waals surface area (Å²) in [5.74, 6) is 1.63. The highest BCUT2D eigenvalue weighted by Gasteiger charge is 2.16. The molecule has 0 aliphatic carbocycles. The summed E-state index contributed by atoms with van der Waals surface area (Å²) in [4.78, 5) is 4.86. The Kier molecular flexibility index (Phi) is 7.22. The summed E-state index contributed by atoms with van der Waals surface area (Å²) < 4.78 is 35.9. The van der Waals surface area contributed by atoms with Crippen LogP contribution >= 0.6 is 0 Å². The lowest BCUT2D eigenvalue weighted by molar-refractivity contribution is 0.225. The van der Waals surface area contributed by atoms with Crippen LogP contribution in [-0.2, 0) is 10.0 Å². The lowest BCUT2D eigenvalue weighted by Gasteiger charge is -2.36. The Hall–Kier alpha value is -2.45. The second-order valence-electron chi connectivity index (χ2n) is 7.13. The maximum Gasteiger partial charge on any atom is 0.229 e. The maximum absolute atomic E-state index is 11.2. The van der Waals surface area contributed by atoms with Gasteiger partial charge in [0.15, 0.2) is 0 Å². The first-order valence-electron chi connectivity index (χ1n) is 9.75. The van der Waals surface area contributed by atoms with Crippen LogP contribution in [0, 0.1) is 0 Å².